The number of benzene rings is 1. The number of hydrogen-bond donors (Lipinski definition) is 2. The Labute approximate surface area is 113 Å². The first-order valence-corrected chi connectivity index (χ1v) is 6.21. The third-order valence-electron chi connectivity index (χ3n) is 2.85. The van der Waals surface area contributed by atoms with Crippen molar-refractivity contribution in [3.63, 3.8) is 0 Å². The maximum absolute atomic E-state index is 11.9. The van der Waals surface area contributed by atoms with E-state index in [2.05, 4.69) is 5.32 Å². The molecule has 0 aliphatic carbocycles. The van der Waals surface area contributed by atoms with Crippen LogP contribution in [0.5, 0.6) is 0 Å². The largest absolute Gasteiger partial charge is 0.481 e. The van der Waals surface area contributed by atoms with Crippen molar-refractivity contribution in [2.45, 2.75) is 26.7 Å². The van der Waals surface area contributed by atoms with E-state index in [0.29, 0.717) is 13.0 Å². The predicted octanol–water partition coefficient (Wildman–Crippen LogP) is 2.63. The number of carboxylic acid groups (broad SMARTS) is 1. The topological polar surface area (TPSA) is 69.6 Å². The molecule has 0 aromatic heterocycles. The Morgan fingerprint density at radius 3 is 2.58 bits per heavy atom. The lowest BCUT2D eigenvalue weighted by atomic mass is 10.1. The van der Waals surface area contributed by atoms with E-state index < -0.39 is 5.97 Å². The highest BCUT2D eigenvalue weighted by atomic mass is 16.4. The van der Waals surface area contributed by atoms with E-state index in [-0.39, 0.29) is 12.5 Å². The fraction of sp³-hybridized carbons (Fsp3) is 0.429. The van der Waals surface area contributed by atoms with E-state index in [4.69, 9.17) is 5.11 Å². The van der Waals surface area contributed by atoms with Gasteiger partial charge in [0.2, 0.25) is 0 Å². The van der Waals surface area contributed by atoms with E-state index in [0.717, 1.165) is 16.8 Å². The summed E-state index contributed by atoms with van der Waals surface area (Å²) in [7, 11) is 1.65. The lowest BCUT2D eigenvalue weighted by molar-refractivity contribution is -0.137. The van der Waals surface area contributed by atoms with Gasteiger partial charge in [0, 0.05) is 25.7 Å². The number of anilines is 1. The maximum Gasteiger partial charge on any atom is 0.321 e. The molecule has 0 spiro atoms. The van der Waals surface area contributed by atoms with Gasteiger partial charge in [0.1, 0.15) is 0 Å². The minimum atomic E-state index is -0.844. The Bertz CT molecular complexity index is 472. The summed E-state index contributed by atoms with van der Waals surface area (Å²) in [5, 5.41) is 11.4. The lowest BCUT2D eigenvalue weighted by Gasteiger charge is -2.18. The molecular weight excluding hydrogens is 244 g/mol. The second-order valence-corrected chi connectivity index (χ2v) is 4.67. The Balaban J connectivity index is 2.51. The van der Waals surface area contributed by atoms with Crippen molar-refractivity contribution in [2.24, 2.45) is 0 Å². The highest BCUT2D eigenvalue weighted by molar-refractivity contribution is 5.90. The molecule has 104 valence electrons. The molecule has 2 N–H and O–H groups in total. The molecule has 5 heteroatoms. The van der Waals surface area contributed by atoms with Gasteiger partial charge in [-0.15, -0.1) is 0 Å². The number of carbonyl (C=O) groups is 2. The first-order valence-electron chi connectivity index (χ1n) is 6.21. The van der Waals surface area contributed by atoms with Crippen LogP contribution in [0.2, 0.25) is 0 Å². The number of nitrogens with one attached hydrogen (secondary N) is 1. The summed E-state index contributed by atoms with van der Waals surface area (Å²) in [6.07, 6.45) is 0.521. The Hall–Kier alpha value is -2.04. The average Bonchev–Trinajstić information content (AvgIpc) is 2.32. The molecule has 0 saturated carbocycles. The Morgan fingerprint density at radius 2 is 2.00 bits per heavy atom. The molecule has 1 rings (SSSR count). The zero-order valence-corrected chi connectivity index (χ0v) is 11.6. The van der Waals surface area contributed by atoms with E-state index >= 15 is 0 Å². The van der Waals surface area contributed by atoms with Gasteiger partial charge in [-0.25, -0.2) is 4.79 Å². The molecule has 0 saturated heterocycles. The van der Waals surface area contributed by atoms with Crippen molar-refractivity contribution < 1.29 is 14.7 Å². The number of rotatable bonds is 5. The highest BCUT2D eigenvalue weighted by Gasteiger charge is 2.10. The van der Waals surface area contributed by atoms with Gasteiger partial charge in [-0.05, 0) is 31.9 Å². The summed E-state index contributed by atoms with van der Waals surface area (Å²) in [5.74, 6) is -0.844. The van der Waals surface area contributed by atoms with Gasteiger partial charge in [0.05, 0.1) is 0 Å². The number of carbonyl (C=O) groups excluding carboxylic acids is 1. The molecule has 19 heavy (non-hydrogen) atoms. The lowest BCUT2D eigenvalue weighted by Crippen LogP contribution is -2.32. The number of aryl methyl sites for hydroxylation is 2. The normalized spacial score (nSPS) is 10.1. The van der Waals surface area contributed by atoms with Gasteiger partial charge < -0.3 is 15.3 Å². The Kier molecular flexibility index (Phi) is 5.36. The number of amides is 2. The van der Waals surface area contributed by atoms with Crippen LogP contribution in [0.25, 0.3) is 0 Å². The molecule has 0 heterocycles. The maximum atomic E-state index is 11.9. The number of carboxylic acids is 1. The number of nitrogens with zero attached hydrogens (tertiary/aromatic N) is 1. The van der Waals surface area contributed by atoms with Crippen molar-refractivity contribution in [2.75, 3.05) is 18.9 Å². The van der Waals surface area contributed by atoms with Crippen LogP contribution in [0.4, 0.5) is 10.5 Å². The van der Waals surface area contributed by atoms with E-state index in [9.17, 15) is 9.59 Å². The van der Waals surface area contributed by atoms with Crippen LogP contribution >= 0.6 is 0 Å². The second-order valence-electron chi connectivity index (χ2n) is 4.67. The SMILES string of the molecule is Cc1ccc(NC(=O)N(C)CCCC(=O)O)c(C)c1. The molecule has 2 amide bonds. The van der Waals surface area contributed by atoms with Crippen LogP contribution in [0.3, 0.4) is 0 Å². The highest BCUT2D eigenvalue weighted by Crippen LogP contribution is 2.16. The minimum Gasteiger partial charge on any atom is -0.481 e. The summed E-state index contributed by atoms with van der Waals surface area (Å²) < 4.78 is 0. The van der Waals surface area contributed by atoms with Crippen molar-refractivity contribution in [1.82, 2.24) is 4.90 Å². The van der Waals surface area contributed by atoms with Gasteiger partial charge in [-0.1, -0.05) is 17.7 Å². The number of aliphatic carboxylic acids is 1. The molecule has 0 unspecified atom stereocenters. The molecule has 0 bridgehead atoms. The van der Waals surface area contributed by atoms with Crippen LogP contribution in [0.15, 0.2) is 18.2 Å². The van der Waals surface area contributed by atoms with Crippen molar-refractivity contribution >= 4 is 17.7 Å². The third-order valence-corrected chi connectivity index (χ3v) is 2.85. The fourth-order valence-electron chi connectivity index (χ4n) is 1.73. The van der Waals surface area contributed by atoms with E-state index in [1.807, 2.05) is 32.0 Å². The van der Waals surface area contributed by atoms with Crippen LogP contribution in [-0.4, -0.2) is 35.6 Å². The molecular formula is C14H20N2O3. The number of hydrogen-bond acceptors (Lipinski definition) is 2. The van der Waals surface area contributed by atoms with E-state index in [1.54, 1.807) is 7.05 Å². The van der Waals surface area contributed by atoms with Gasteiger partial charge >= 0.3 is 12.0 Å². The minimum absolute atomic E-state index is 0.0706. The summed E-state index contributed by atoms with van der Waals surface area (Å²) in [6.45, 7) is 4.35. The monoisotopic (exact) mass is 264 g/mol. The van der Waals surface area contributed by atoms with Crippen LogP contribution in [0, 0.1) is 13.8 Å². The molecule has 0 fully saturated rings. The summed E-state index contributed by atoms with van der Waals surface area (Å²) in [5.41, 5.74) is 2.93. The van der Waals surface area contributed by atoms with Gasteiger partial charge in [-0.2, -0.15) is 0 Å². The third kappa shape index (κ3) is 4.99. The molecule has 0 atom stereocenters. The molecule has 5 nitrogen and oxygen atoms in total. The van der Waals surface area contributed by atoms with Crippen molar-refractivity contribution in [1.29, 1.82) is 0 Å². The molecule has 1 aromatic rings. The van der Waals surface area contributed by atoms with E-state index in [1.165, 1.54) is 4.90 Å². The number of urea groups is 1. The summed E-state index contributed by atoms with van der Waals surface area (Å²) >= 11 is 0. The molecule has 0 radical (unpaired) electrons. The van der Waals surface area contributed by atoms with Crippen LogP contribution in [0.1, 0.15) is 24.0 Å². The quantitative estimate of drug-likeness (QED) is 0.859. The summed E-state index contributed by atoms with van der Waals surface area (Å²) in [6, 6.07) is 5.58. The zero-order valence-electron chi connectivity index (χ0n) is 11.6. The van der Waals surface area contributed by atoms with Crippen molar-refractivity contribution in [3.05, 3.63) is 29.3 Å². The van der Waals surface area contributed by atoms with Crippen LogP contribution < -0.4 is 5.32 Å². The van der Waals surface area contributed by atoms with Gasteiger partial charge in [0.15, 0.2) is 0 Å². The predicted molar refractivity (Wildman–Crippen MR) is 74.4 cm³/mol. The standard InChI is InChI=1S/C14H20N2O3/c1-10-6-7-12(11(2)9-10)15-14(19)16(3)8-4-5-13(17)18/h6-7,9H,4-5,8H2,1-3H3,(H,15,19)(H,17,18). The molecule has 0 aliphatic rings. The first kappa shape index (κ1) is 15.0. The van der Waals surface area contributed by atoms with Crippen molar-refractivity contribution in [3.8, 4) is 0 Å². The smallest absolute Gasteiger partial charge is 0.321 e. The first-order chi connectivity index (χ1) is 8.90. The molecule has 0 aliphatic heterocycles. The summed E-state index contributed by atoms with van der Waals surface area (Å²) in [4.78, 5) is 23.8. The average molecular weight is 264 g/mol. The van der Waals surface area contributed by atoms with Crippen LogP contribution in [-0.2, 0) is 4.79 Å². The fourth-order valence-corrected chi connectivity index (χ4v) is 1.73. The van der Waals surface area contributed by atoms with Gasteiger partial charge in [-0.3, -0.25) is 4.79 Å². The molecule has 1 aromatic carbocycles. The zero-order chi connectivity index (χ0) is 14.4. The second kappa shape index (κ2) is 6.78. The van der Waals surface area contributed by atoms with Gasteiger partial charge in [0.25, 0.3) is 0 Å². The Morgan fingerprint density at radius 1 is 1.32 bits per heavy atom.